The summed E-state index contributed by atoms with van der Waals surface area (Å²) in [5, 5.41) is 14.3. The number of amides is 1. The molecule has 2 N–H and O–H groups in total. The van der Waals surface area contributed by atoms with E-state index in [1.54, 1.807) is 24.2 Å². The van der Waals surface area contributed by atoms with Gasteiger partial charge in [0.15, 0.2) is 0 Å². The van der Waals surface area contributed by atoms with Gasteiger partial charge in [-0.3, -0.25) is 9.78 Å². The van der Waals surface area contributed by atoms with Crippen molar-refractivity contribution in [1.82, 2.24) is 10.3 Å². The fourth-order valence-electron chi connectivity index (χ4n) is 3.28. The Morgan fingerprint density at radius 3 is 2.12 bits per heavy atom. The van der Waals surface area contributed by atoms with Gasteiger partial charge in [0, 0.05) is 46.0 Å². The Kier molecular flexibility index (Phi) is 9.53. The molecule has 0 bridgehead atoms. The van der Waals surface area contributed by atoms with Crippen LogP contribution in [0.5, 0.6) is 5.75 Å². The van der Waals surface area contributed by atoms with Crippen LogP contribution in [0.2, 0.25) is 0 Å². The summed E-state index contributed by atoms with van der Waals surface area (Å²) in [7, 11) is 0. The molecule has 0 saturated heterocycles. The fraction of sp³-hybridized carbons (Fsp3) is 0.538. The zero-order chi connectivity index (χ0) is 23.9. The van der Waals surface area contributed by atoms with Crippen LogP contribution in [0.25, 0.3) is 0 Å². The third-order valence-electron chi connectivity index (χ3n) is 5.23. The number of aromatic nitrogens is 1. The van der Waals surface area contributed by atoms with E-state index in [0.717, 1.165) is 28.9 Å². The molecule has 1 atom stereocenters. The number of thioether (sulfide) groups is 2. The van der Waals surface area contributed by atoms with E-state index in [9.17, 15) is 9.90 Å². The molecule has 4 nitrogen and oxygen atoms in total. The largest absolute Gasteiger partial charge is 0.507 e. The lowest BCUT2D eigenvalue weighted by Gasteiger charge is -2.28. The molecule has 2 aromatic rings. The molecule has 1 aromatic heterocycles. The van der Waals surface area contributed by atoms with E-state index in [1.807, 2.05) is 23.9 Å². The minimum absolute atomic E-state index is 0.0568. The van der Waals surface area contributed by atoms with Crippen LogP contribution in [0.1, 0.15) is 71.6 Å². The van der Waals surface area contributed by atoms with E-state index in [1.165, 1.54) is 4.90 Å². The first-order chi connectivity index (χ1) is 14.9. The molecule has 2 rings (SSSR count). The molecule has 0 spiro atoms. The van der Waals surface area contributed by atoms with Gasteiger partial charge in [-0.25, -0.2) is 0 Å². The number of phenolic OH excluding ortho intramolecular Hbond substituents is 1. The van der Waals surface area contributed by atoms with Gasteiger partial charge in [-0.15, -0.1) is 11.8 Å². The first kappa shape index (κ1) is 26.6. The van der Waals surface area contributed by atoms with Gasteiger partial charge >= 0.3 is 0 Å². The van der Waals surface area contributed by atoms with Crippen molar-refractivity contribution in [3.05, 3.63) is 53.3 Å². The van der Waals surface area contributed by atoms with Crippen molar-refractivity contribution >= 4 is 29.4 Å². The molecule has 176 valence electrons. The van der Waals surface area contributed by atoms with E-state index in [0.29, 0.717) is 23.3 Å². The molecule has 0 aliphatic rings. The van der Waals surface area contributed by atoms with Crippen molar-refractivity contribution in [3.8, 4) is 5.75 Å². The molecule has 1 amide bonds. The second kappa shape index (κ2) is 11.5. The summed E-state index contributed by atoms with van der Waals surface area (Å²) in [5.41, 5.74) is 2.77. The number of hydrogen-bond acceptors (Lipinski definition) is 5. The number of rotatable bonds is 9. The van der Waals surface area contributed by atoms with E-state index in [-0.39, 0.29) is 16.7 Å². The molecule has 0 aliphatic heterocycles. The first-order valence-corrected chi connectivity index (χ1v) is 13.2. The SMILES string of the molecule is CCC(CSCC(=O)NCc1ccncc1)Sc1cc(C(C)(C)C)c(O)c(C(C)(C)C)c1. The lowest BCUT2D eigenvalue weighted by molar-refractivity contribution is -0.118. The van der Waals surface area contributed by atoms with E-state index in [4.69, 9.17) is 0 Å². The first-order valence-electron chi connectivity index (χ1n) is 11.2. The Labute approximate surface area is 202 Å². The zero-order valence-electron chi connectivity index (χ0n) is 20.5. The number of benzene rings is 1. The molecule has 1 aromatic carbocycles. The molecule has 1 heterocycles. The molecule has 1 unspecified atom stereocenters. The van der Waals surface area contributed by atoms with Gasteiger partial charge in [0.2, 0.25) is 5.91 Å². The van der Waals surface area contributed by atoms with Crippen molar-refractivity contribution in [1.29, 1.82) is 0 Å². The molecule has 6 heteroatoms. The van der Waals surface area contributed by atoms with Crippen LogP contribution in [0.4, 0.5) is 0 Å². The number of nitrogens with one attached hydrogen (secondary N) is 1. The number of carbonyl (C=O) groups excluding carboxylic acids is 1. The van der Waals surface area contributed by atoms with Crippen molar-refractivity contribution in [2.24, 2.45) is 0 Å². The van der Waals surface area contributed by atoms with Gasteiger partial charge in [-0.2, -0.15) is 11.8 Å². The standard InChI is InChI=1S/C26H38N2O2S2/c1-8-19(16-31-17-23(29)28-15-18-9-11-27-12-10-18)32-20-13-21(25(2,3)4)24(30)22(14-20)26(5,6)7/h9-14,19,30H,8,15-17H2,1-7H3,(H,28,29). The lowest BCUT2D eigenvalue weighted by Crippen LogP contribution is -2.25. The Balaban J connectivity index is 1.99. The lowest BCUT2D eigenvalue weighted by atomic mass is 9.79. The fourth-order valence-corrected chi connectivity index (χ4v) is 5.67. The smallest absolute Gasteiger partial charge is 0.230 e. The van der Waals surface area contributed by atoms with Gasteiger partial charge in [0.1, 0.15) is 5.75 Å². The van der Waals surface area contributed by atoms with Crippen LogP contribution in [0, 0.1) is 0 Å². The Morgan fingerprint density at radius 2 is 1.62 bits per heavy atom. The summed E-state index contributed by atoms with van der Waals surface area (Å²) in [6.45, 7) is 15.6. The van der Waals surface area contributed by atoms with Crippen LogP contribution in [0.3, 0.4) is 0 Å². The third kappa shape index (κ3) is 8.04. The van der Waals surface area contributed by atoms with Gasteiger partial charge in [-0.05, 0) is 47.1 Å². The molecule has 0 fully saturated rings. The van der Waals surface area contributed by atoms with Crippen LogP contribution in [0.15, 0.2) is 41.6 Å². The molecule has 0 aliphatic carbocycles. The number of hydrogen-bond donors (Lipinski definition) is 2. The van der Waals surface area contributed by atoms with Crippen LogP contribution >= 0.6 is 23.5 Å². The highest BCUT2D eigenvalue weighted by Gasteiger charge is 2.27. The number of carbonyl (C=O) groups is 1. The molecular formula is C26H38N2O2S2. The summed E-state index contributed by atoms with van der Waals surface area (Å²) in [4.78, 5) is 17.4. The van der Waals surface area contributed by atoms with Crippen molar-refractivity contribution in [3.63, 3.8) is 0 Å². The van der Waals surface area contributed by atoms with Crippen molar-refractivity contribution < 1.29 is 9.90 Å². The highest BCUT2D eigenvalue weighted by Crippen LogP contribution is 2.42. The van der Waals surface area contributed by atoms with Crippen molar-refractivity contribution in [2.45, 2.75) is 82.4 Å². The Morgan fingerprint density at radius 1 is 1.06 bits per heavy atom. The Hall–Kier alpha value is -1.66. The monoisotopic (exact) mass is 474 g/mol. The van der Waals surface area contributed by atoms with Gasteiger partial charge in [0.05, 0.1) is 5.75 Å². The van der Waals surface area contributed by atoms with E-state index < -0.39 is 0 Å². The van der Waals surface area contributed by atoms with Crippen LogP contribution in [-0.4, -0.2) is 32.8 Å². The molecule has 32 heavy (non-hydrogen) atoms. The van der Waals surface area contributed by atoms with Crippen LogP contribution < -0.4 is 5.32 Å². The van der Waals surface area contributed by atoms with Crippen molar-refractivity contribution in [2.75, 3.05) is 11.5 Å². The summed E-state index contributed by atoms with van der Waals surface area (Å²) < 4.78 is 0. The summed E-state index contributed by atoms with van der Waals surface area (Å²) >= 11 is 3.53. The van der Waals surface area contributed by atoms with Gasteiger partial charge in [-0.1, -0.05) is 48.5 Å². The second-order valence-electron chi connectivity index (χ2n) is 10.2. The number of pyridine rings is 1. The normalized spacial score (nSPS) is 13.1. The highest BCUT2D eigenvalue weighted by atomic mass is 32.2. The molecule has 0 radical (unpaired) electrons. The van der Waals surface area contributed by atoms with Gasteiger partial charge in [0.25, 0.3) is 0 Å². The number of phenols is 1. The maximum atomic E-state index is 12.2. The maximum Gasteiger partial charge on any atom is 0.230 e. The summed E-state index contributed by atoms with van der Waals surface area (Å²) in [6, 6.07) is 8.10. The zero-order valence-corrected chi connectivity index (χ0v) is 22.1. The number of aromatic hydroxyl groups is 1. The predicted molar refractivity (Wildman–Crippen MR) is 139 cm³/mol. The van der Waals surface area contributed by atoms with Gasteiger partial charge < -0.3 is 10.4 Å². The average molecular weight is 475 g/mol. The minimum Gasteiger partial charge on any atom is -0.507 e. The maximum absolute atomic E-state index is 12.2. The highest BCUT2D eigenvalue weighted by molar-refractivity contribution is 8.03. The minimum atomic E-state index is -0.135. The third-order valence-corrected chi connectivity index (χ3v) is 7.89. The summed E-state index contributed by atoms with van der Waals surface area (Å²) in [6.07, 6.45) is 4.49. The van der Waals surface area contributed by atoms with E-state index in [2.05, 4.69) is 70.9 Å². The summed E-state index contributed by atoms with van der Waals surface area (Å²) in [5.74, 6) is 1.84. The average Bonchev–Trinajstić information content (AvgIpc) is 2.71. The van der Waals surface area contributed by atoms with E-state index >= 15 is 0 Å². The topological polar surface area (TPSA) is 62.2 Å². The predicted octanol–water partition coefficient (Wildman–Crippen LogP) is 6.30. The quantitative estimate of drug-likeness (QED) is 0.417. The molecule has 0 saturated carbocycles. The number of nitrogens with zero attached hydrogens (tertiary/aromatic N) is 1. The Bertz CT molecular complexity index is 852. The van der Waals surface area contributed by atoms with Crippen LogP contribution in [-0.2, 0) is 22.2 Å². The molecular weight excluding hydrogens is 436 g/mol. The second-order valence-corrected chi connectivity index (χ2v) is 12.6.